The summed E-state index contributed by atoms with van der Waals surface area (Å²) >= 11 is 0. The zero-order valence-corrected chi connectivity index (χ0v) is 34.0. The fraction of sp³-hybridized carbons (Fsp3) is 0.477. The van der Waals surface area contributed by atoms with Crippen molar-refractivity contribution in [3.8, 4) is 0 Å². The van der Waals surface area contributed by atoms with Crippen LogP contribution in [-0.2, 0) is 16.1 Å². The molecule has 56 heavy (non-hydrogen) atoms. The van der Waals surface area contributed by atoms with Gasteiger partial charge in [-0.25, -0.2) is 9.78 Å². The van der Waals surface area contributed by atoms with E-state index in [0.29, 0.717) is 62.8 Å². The Hall–Kier alpha value is -5.23. The summed E-state index contributed by atoms with van der Waals surface area (Å²) in [6.07, 6.45) is 31.0. The summed E-state index contributed by atoms with van der Waals surface area (Å²) in [5.74, 6) is 1.13. The summed E-state index contributed by atoms with van der Waals surface area (Å²) in [5.41, 5.74) is 2.56. The molecule has 2 aromatic heterocycles. The van der Waals surface area contributed by atoms with Crippen molar-refractivity contribution < 1.29 is 14.3 Å². The fourth-order valence-electron chi connectivity index (χ4n) is 5.44. The Balaban J connectivity index is 1.23. The van der Waals surface area contributed by atoms with Crippen LogP contribution in [0.1, 0.15) is 97.1 Å². The number of hydrogen-bond acceptors (Lipinski definition) is 9. The highest BCUT2D eigenvalue weighted by Crippen LogP contribution is 2.24. The van der Waals surface area contributed by atoms with Gasteiger partial charge < -0.3 is 35.9 Å². The zero-order valence-electron chi connectivity index (χ0n) is 34.0. The number of amides is 2. The molecule has 2 heterocycles. The van der Waals surface area contributed by atoms with Gasteiger partial charge in [-0.3, -0.25) is 4.79 Å². The van der Waals surface area contributed by atoms with Gasteiger partial charge in [-0.15, -0.1) is 0 Å². The van der Waals surface area contributed by atoms with Crippen molar-refractivity contribution in [2.24, 2.45) is 0 Å². The van der Waals surface area contributed by atoms with Crippen LogP contribution in [0.2, 0.25) is 0 Å². The standard InChI is InChI=1S/C44H65N9O3/c1-5-7-8-9-10-11-12-13-14-15-16-17-18-19-20-21-25-28-39(54)46-31-29-45-30-32-47-44(55)56-34-38(6-2)50-43-51-41(48-33-37-26-23-22-24-27-37)40-42(52-43)53(35-49-40)36(3)4/h7-8,10-11,13-14,16-17,19-20,22-24,26-27,35-36,38,45H,5-6,9,12,15,18,21,25,28-34H2,1-4H3,(H,46,54)(H,47,55)(H2,48,50,51,52). The number of ether oxygens (including phenoxy) is 1. The number of aromatic nitrogens is 4. The summed E-state index contributed by atoms with van der Waals surface area (Å²) in [4.78, 5) is 38.7. The molecule has 1 atom stereocenters. The lowest BCUT2D eigenvalue weighted by Crippen LogP contribution is -2.37. The lowest BCUT2D eigenvalue weighted by molar-refractivity contribution is -0.121. The number of nitrogens with one attached hydrogen (secondary N) is 5. The van der Waals surface area contributed by atoms with Crippen LogP contribution in [0.5, 0.6) is 0 Å². The molecule has 0 radical (unpaired) electrons. The summed E-state index contributed by atoms with van der Waals surface area (Å²) in [6.45, 7) is 11.2. The second-order valence-electron chi connectivity index (χ2n) is 13.6. The van der Waals surface area contributed by atoms with Gasteiger partial charge in [-0.2, -0.15) is 9.97 Å². The Morgan fingerprint density at radius 3 is 2.09 bits per heavy atom. The molecule has 1 aromatic carbocycles. The molecule has 3 rings (SSSR count). The van der Waals surface area contributed by atoms with Crippen LogP contribution in [0, 0.1) is 0 Å². The van der Waals surface area contributed by atoms with E-state index in [1.165, 1.54) is 0 Å². The number of benzene rings is 1. The van der Waals surface area contributed by atoms with Gasteiger partial charge in [0.05, 0.1) is 12.4 Å². The molecule has 2 amide bonds. The number of nitrogens with zero attached hydrogens (tertiary/aromatic N) is 4. The summed E-state index contributed by atoms with van der Waals surface area (Å²) in [7, 11) is 0. The second kappa shape index (κ2) is 28.2. The molecule has 0 bridgehead atoms. The Kier molecular flexibility index (Phi) is 22.8. The van der Waals surface area contributed by atoms with Gasteiger partial charge >= 0.3 is 6.09 Å². The van der Waals surface area contributed by atoms with Crippen LogP contribution < -0.4 is 26.6 Å². The van der Waals surface area contributed by atoms with E-state index in [1.807, 2.05) is 29.7 Å². The van der Waals surface area contributed by atoms with Gasteiger partial charge in [-0.05, 0) is 70.8 Å². The number of unbranched alkanes of at least 4 members (excludes halogenated alkanes) is 1. The number of hydrogen-bond donors (Lipinski definition) is 5. The van der Waals surface area contributed by atoms with E-state index in [9.17, 15) is 9.59 Å². The summed E-state index contributed by atoms with van der Waals surface area (Å²) in [5, 5.41) is 15.7. The lowest BCUT2D eigenvalue weighted by atomic mass is 10.2. The molecule has 12 nitrogen and oxygen atoms in total. The van der Waals surface area contributed by atoms with Crippen molar-refractivity contribution in [2.75, 3.05) is 43.4 Å². The molecule has 0 aliphatic heterocycles. The molecule has 0 fully saturated rings. The van der Waals surface area contributed by atoms with Crippen LogP contribution in [0.25, 0.3) is 11.2 Å². The van der Waals surface area contributed by atoms with Crippen LogP contribution in [0.15, 0.2) is 97.4 Å². The SMILES string of the molecule is CCC=CCC=CCC=CCC=CCC=CCCCC(=O)NCCNCCNC(=O)OCC(CC)Nc1nc(NCc2ccccc2)c2ncn(C(C)C)c2n1. The highest BCUT2D eigenvalue weighted by molar-refractivity contribution is 5.84. The third-order valence-corrected chi connectivity index (χ3v) is 8.65. The maximum Gasteiger partial charge on any atom is 0.407 e. The Labute approximate surface area is 334 Å². The molecule has 1 unspecified atom stereocenters. The third-order valence-electron chi connectivity index (χ3n) is 8.65. The minimum atomic E-state index is -0.493. The Morgan fingerprint density at radius 2 is 1.45 bits per heavy atom. The van der Waals surface area contributed by atoms with Gasteiger partial charge in [0.1, 0.15) is 6.61 Å². The number of carbonyl (C=O) groups excluding carboxylic acids is 2. The van der Waals surface area contributed by atoms with Crippen molar-refractivity contribution in [3.05, 3.63) is 103 Å². The van der Waals surface area contributed by atoms with Crippen molar-refractivity contribution >= 4 is 34.9 Å². The van der Waals surface area contributed by atoms with Crippen LogP contribution in [-0.4, -0.2) is 70.3 Å². The highest BCUT2D eigenvalue weighted by atomic mass is 16.5. The van der Waals surface area contributed by atoms with Gasteiger partial charge in [-0.1, -0.05) is 105 Å². The van der Waals surface area contributed by atoms with E-state index >= 15 is 0 Å². The lowest BCUT2D eigenvalue weighted by Gasteiger charge is -2.18. The van der Waals surface area contributed by atoms with Crippen LogP contribution in [0.3, 0.4) is 0 Å². The van der Waals surface area contributed by atoms with Crippen LogP contribution >= 0.6 is 0 Å². The van der Waals surface area contributed by atoms with Gasteiger partial charge in [0.25, 0.3) is 0 Å². The second-order valence-corrected chi connectivity index (χ2v) is 13.6. The third kappa shape index (κ3) is 18.9. The number of carbonyl (C=O) groups is 2. The summed E-state index contributed by atoms with van der Waals surface area (Å²) in [6, 6.07) is 10.1. The first-order chi connectivity index (χ1) is 27.4. The molecular formula is C44H65N9O3. The molecule has 0 aliphatic carbocycles. The molecular weight excluding hydrogens is 703 g/mol. The van der Waals surface area contributed by atoms with E-state index in [0.717, 1.165) is 56.2 Å². The first-order valence-corrected chi connectivity index (χ1v) is 20.3. The number of imidazole rings is 1. The number of anilines is 2. The minimum Gasteiger partial charge on any atom is -0.447 e. The van der Waals surface area contributed by atoms with E-state index in [1.54, 1.807) is 6.33 Å². The predicted molar refractivity (Wildman–Crippen MR) is 231 cm³/mol. The van der Waals surface area contributed by atoms with Crippen molar-refractivity contribution in [2.45, 2.75) is 104 Å². The fourth-order valence-corrected chi connectivity index (χ4v) is 5.44. The van der Waals surface area contributed by atoms with Crippen molar-refractivity contribution in [1.29, 1.82) is 0 Å². The van der Waals surface area contributed by atoms with Crippen molar-refractivity contribution in [1.82, 2.24) is 35.5 Å². The van der Waals surface area contributed by atoms with E-state index in [2.05, 4.69) is 125 Å². The minimum absolute atomic E-state index is 0.0514. The summed E-state index contributed by atoms with van der Waals surface area (Å²) < 4.78 is 7.52. The van der Waals surface area contributed by atoms with Gasteiger partial charge in [0.2, 0.25) is 11.9 Å². The number of fused-ring (bicyclic) bond motifs is 1. The van der Waals surface area contributed by atoms with Gasteiger partial charge in [0, 0.05) is 45.2 Å². The first-order valence-electron chi connectivity index (χ1n) is 20.3. The largest absolute Gasteiger partial charge is 0.447 e. The monoisotopic (exact) mass is 768 g/mol. The Bertz CT molecular complexity index is 1700. The number of alkyl carbamates (subject to hydrolysis) is 1. The van der Waals surface area contributed by atoms with E-state index in [4.69, 9.17) is 14.7 Å². The average Bonchev–Trinajstić information content (AvgIpc) is 3.64. The smallest absolute Gasteiger partial charge is 0.407 e. The molecule has 0 saturated heterocycles. The van der Waals surface area contributed by atoms with Crippen LogP contribution in [0.4, 0.5) is 16.6 Å². The highest BCUT2D eigenvalue weighted by Gasteiger charge is 2.18. The molecule has 0 saturated carbocycles. The maximum atomic E-state index is 12.4. The van der Waals surface area contributed by atoms with E-state index < -0.39 is 6.09 Å². The zero-order chi connectivity index (χ0) is 40.1. The first kappa shape index (κ1) is 45.2. The van der Waals surface area contributed by atoms with E-state index in [-0.39, 0.29) is 24.6 Å². The molecule has 0 spiro atoms. The maximum absolute atomic E-state index is 12.4. The quantitative estimate of drug-likeness (QED) is 0.0362. The van der Waals surface area contributed by atoms with Gasteiger partial charge in [0.15, 0.2) is 17.0 Å². The normalized spacial score (nSPS) is 12.6. The number of allylic oxidation sites excluding steroid dienone is 10. The topological polar surface area (TPSA) is 147 Å². The molecule has 12 heteroatoms. The number of rotatable bonds is 28. The van der Waals surface area contributed by atoms with Crippen molar-refractivity contribution in [3.63, 3.8) is 0 Å². The average molecular weight is 768 g/mol. The molecule has 5 N–H and O–H groups in total. The Morgan fingerprint density at radius 1 is 0.804 bits per heavy atom. The molecule has 0 aliphatic rings. The molecule has 304 valence electrons. The molecule has 3 aromatic rings. The predicted octanol–water partition coefficient (Wildman–Crippen LogP) is 8.56.